The Labute approximate surface area is 83.3 Å². The van der Waals surface area contributed by atoms with Gasteiger partial charge >= 0.3 is 0 Å². The third-order valence-electron chi connectivity index (χ3n) is 2.30. The Balaban J connectivity index is 0.000000671. The van der Waals surface area contributed by atoms with Crippen molar-refractivity contribution in [3.63, 3.8) is 0 Å². The molecule has 0 aromatic rings. The molecule has 1 saturated heterocycles. The van der Waals surface area contributed by atoms with Crippen LogP contribution in [-0.4, -0.2) is 38.3 Å². The zero-order valence-corrected chi connectivity index (χ0v) is 9.68. The summed E-state index contributed by atoms with van der Waals surface area (Å²) in [6.45, 7) is 11.1. The van der Waals surface area contributed by atoms with Gasteiger partial charge in [0.2, 0.25) is 0 Å². The molecule has 1 aliphatic heterocycles. The summed E-state index contributed by atoms with van der Waals surface area (Å²) in [7, 11) is 1.78. The summed E-state index contributed by atoms with van der Waals surface area (Å²) >= 11 is 0. The van der Waals surface area contributed by atoms with E-state index in [1.165, 1.54) is 32.5 Å². The molecule has 0 N–H and O–H groups in total. The Morgan fingerprint density at radius 2 is 1.92 bits per heavy atom. The molecule has 0 aromatic heterocycles. The van der Waals surface area contributed by atoms with Gasteiger partial charge in [-0.15, -0.1) is 0 Å². The molecule has 0 aromatic carbocycles. The van der Waals surface area contributed by atoms with E-state index in [2.05, 4.69) is 11.8 Å². The maximum Gasteiger partial charge on any atom is 0.0465 e. The highest BCUT2D eigenvalue weighted by Crippen LogP contribution is 2.18. The number of methoxy groups -OCH3 is 1. The molecule has 0 radical (unpaired) electrons. The molecule has 0 atom stereocenters. The topological polar surface area (TPSA) is 12.5 Å². The number of hydrogen-bond donors (Lipinski definition) is 0. The summed E-state index contributed by atoms with van der Waals surface area (Å²) < 4.78 is 5.02. The van der Waals surface area contributed by atoms with Crippen molar-refractivity contribution in [2.24, 2.45) is 5.92 Å². The van der Waals surface area contributed by atoms with Gasteiger partial charge in [0.1, 0.15) is 0 Å². The van der Waals surface area contributed by atoms with Crippen LogP contribution in [0.25, 0.3) is 0 Å². The number of nitrogens with zero attached hydrogens (tertiary/aromatic N) is 1. The van der Waals surface area contributed by atoms with E-state index < -0.39 is 0 Å². The van der Waals surface area contributed by atoms with E-state index in [9.17, 15) is 0 Å². The van der Waals surface area contributed by atoms with E-state index in [0.717, 1.165) is 12.5 Å². The van der Waals surface area contributed by atoms with Crippen molar-refractivity contribution in [2.45, 2.75) is 33.6 Å². The fraction of sp³-hybridized carbons (Fsp3) is 1.00. The number of hydrogen-bond acceptors (Lipinski definition) is 2. The molecule has 0 spiro atoms. The molecular formula is C11H25NO. The van der Waals surface area contributed by atoms with E-state index in [1.54, 1.807) is 7.11 Å². The van der Waals surface area contributed by atoms with Crippen molar-refractivity contribution >= 4 is 0 Å². The lowest BCUT2D eigenvalue weighted by atomic mass is 9.97. The molecule has 0 bridgehead atoms. The summed E-state index contributed by atoms with van der Waals surface area (Å²) in [4.78, 5) is 2.51. The smallest absolute Gasteiger partial charge is 0.0465 e. The van der Waals surface area contributed by atoms with E-state index in [0.29, 0.717) is 0 Å². The molecule has 0 aliphatic carbocycles. The normalized spacial score (nSPS) is 17.5. The van der Waals surface area contributed by atoms with Crippen molar-refractivity contribution in [1.29, 1.82) is 0 Å². The van der Waals surface area contributed by atoms with Crippen LogP contribution < -0.4 is 0 Å². The molecule has 0 amide bonds. The van der Waals surface area contributed by atoms with Crippen LogP contribution >= 0.6 is 0 Å². The van der Waals surface area contributed by atoms with Crippen LogP contribution in [0.4, 0.5) is 0 Å². The summed E-state index contributed by atoms with van der Waals surface area (Å²) in [5.74, 6) is 0.918. The second-order valence-electron chi connectivity index (χ2n) is 3.41. The van der Waals surface area contributed by atoms with Gasteiger partial charge in [0.05, 0.1) is 0 Å². The quantitative estimate of drug-likeness (QED) is 0.655. The van der Waals surface area contributed by atoms with Crippen molar-refractivity contribution in [3.8, 4) is 0 Å². The fourth-order valence-electron chi connectivity index (χ4n) is 1.64. The van der Waals surface area contributed by atoms with Gasteiger partial charge < -0.3 is 9.64 Å². The lowest BCUT2D eigenvalue weighted by Gasteiger charge is -2.39. The Morgan fingerprint density at radius 1 is 1.31 bits per heavy atom. The minimum Gasteiger partial charge on any atom is -0.385 e. The molecule has 1 fully saturated rings. The minimum absolute atomic E-state index is 0.918. The molecule has 1 aliphatic rings. The van der Waals surface area contributed by atoms with Crippen molar-refractivity contribution in [3.05, 3.63) is 0 Å². The third kappa shape index (κ3) is 5.27. The van der Waals surface area contributed by atoms with Crippen molar-refractivity contribution in [1.82, 2.24) is 4.90 Å². The third-order valence-corrected chi connectivity index (χ3v) is 2.30. The van der Waals surface area contributed by atoms with E-state index in [1.807, 2.05) is 13.8 Å². The van der Waals surface area contributed by atoms with Gasteiger partial charge in [-0.1, -0.05) is 20.8 Å². The summed E-state index contributed by atoms with van der Waals surface area (Å²) in [6, 6.07) is 0. The van der Waals surface area contributed by atoms with Gasteiger partial charge in [-0.2, -0.15) is 0 Å². The molecule has 80 valence electrons. The van der Waals surface area contributed by atoms with Crippen LogP contribution in [0.3, 0.4) is 0 Å². The second-order valence-corrected chi connectivity index (χ2v) is 3.41. The lowest BCUT2D eigenvalue weighted by molar-refractivity contribution is 0.0695. The summed E-state index contributed by atoms with van der Waals surface area (Å²) in [5, 5.41) is 0. The predicted octanol–water partition coefficient (Wildman–Crippen LogP) is 2.39. The SMILES string of the molecule is CC.CCCN1CC(CCOC)C1. The van der Waals surface area contributed by atoms with Gasteiger partial charge in [0.15, 0.2) is 0 Å². The molecule has 13 heavy (non-hydrogen) atoms. The molecule has 0 unspecified atom stereocenters. The monoisotopic (exact) mass is 187 g/mol. The molecule has 0 saturated carbocycles. The molecule has 2 heteroatoms. The van der Waals surface area contributed by atoms with Crippen LogP contribution in [0.15, 0.2) is 0 Å². The van der Waals surface area contributed by atoms with Crippen LogP contribution in [0, 0.1) is 5.92 Å². The van der Waals surface area contributed by atoms with Crippen molar-refractivity contribution in [2.75, 3.05) is 33.4 Å². The standard InChI is InChI=1S/C9H19NO.C2H6/c1-3-5-10-7-9(8-10)4-6-11-2;1-2/h9H,3-8H2,1-2H3;1-2H3. The molecule has 1 rings (SSSR count). The predicted molar refractivity (Wildman–Crippen MR) is 58.1 cm³/mol. The van der Waals surface area contributed by atoms with Crippen LogP contribution in [0.1, 0.15) is 33.6 Å². The highest BCUT2D eigenvalue weighted by atomic mass is 16.5. The van der Waals surface area contributed by atoms with Crippen molar-refractivity contribution < 1.29 is 4.74 Å². The Bertz CT molecular complexity index is 100. The summed E-state index contributed by atoms with van der Waals surface area (Å²) in [5.41, 5.74) is 0. The maximum absolute atomic E-state index is 5.02. The van der Waals surface area contributed by atoms with Gasteiger partial charge in [-0.05, 0) is 25.3 Å². The molecule has 2 nitrogen and oxygen atoms in total. The van der Waals surface area contributed by atoms with E-state index >= 15 is 0 Å². The number of ether oxygens (including phenoxy) is 1. The first-order chi connectivity index (χ1) is 6.36. The zero-order chi connectivity index (χ0) is 10.1. The van der Waals surface area contributed by atoms with E-state index in [4.69, 9.17) is 4.74 Å². The maximum atomic E-state index is 5.02. The summed E-state index contributed by atoms with van der Waals surface area (Å²) in [6.07, 6.45) is 2.54. The number of likely N-dealkylation sites (tertiary alicyclic amines) is 1. The highest BCUT2D eigenvalue weighted by Gasteiger charge is 2.24. The van der Waals surface area contributed by atoms with Crippen LogP contribution in [0.2, 0.25) is 0 Å². The lowest BCUT2D eigenvalue weighted by Crippen LogP contribution is -2.47. The van der Waals surface area contributed by atoms with Gasteiger partial charge in [0.25, 0.3) is 0 Å². The Morgan fingerprint density at radius 3 is 2.38 bits per heavy atom. The first kappa shape index (κ1) is 12.9. The molecule has 1 heterocycles. The van der Waals surface area contributed by atoms with Gasteiger partial charge in [-0.25, -0.2) is 0 Å². The number of rotatable bonds is 5. The first-order valence-electron chi connectivity index (χ1n) is 5.58. The largest absolute Gasteiger partial charge is 0.385 e. The molecular weight excluding hydrogens is 162 g/mol. The van der Waals surface area contributed by atoms with Crippen LogP contribution in [-0.2, 0) is 4.74 Å². The van der Waals surface area contributed by atoms with E-state index in [-0.39, 0.29) is 0 Å². The first-order valence-corrected chi connectivity index (χ1v) is 5.58. The minimum atomic E-state index is 0.918. The zero-order valence-electron chi connectivity index (χ0n) is 9.68. The highest BCUT2D eigenvalue weighted by molar-refractivity contribution is 4.78. The van der Waals surface area contributed by atoms with Gasteiger partial charge in [-0.3, -0.25) is 0 Å². The van der Waals surface area contributed by atoms with Gasteiger partial charge in [0, 0.05) is 26.8 Å². The average molecular weight is 187 g/mol. The average Bonchev–Trinajstić information content (AvgIpc) is 2.12. The second kappa shape index (κ2) is 8.52. The Hall–Kier alpha value is -0.0800. The fourth-order valence-corrected chi connectivity index (χ4v) is 1.64. The Kier molecular flexibility index (Phi) is 8.46. The van der Waals surface area contributed by atoms with Crippen LogP contribution in [0.5, 0.6) is 0 Å².